The fourth-order valence-corrected chi connectivity index (χ4v) is 3.17. The molecule has 0 heterocycles. The van der Waals surface area contributed by atoms with Crippen LogP contribution in [0, 0.1) is 10.1 Å². The first-order chi connectivity index (χ1) is 16.4. The van der Waals surface area contributed by atoms with Crippen LogP contribution in [0.15, 0.2) is 75.1 Å². The fourth-order valence-electron chi connectivity index (χ4n) is 2.95. The van der Waals surface area contributed by atoms with Crippen LogP contribution in [0.5, 0.6) is 5.75 Å². The summed E-state index contributed by atoms with van der Waals surface area (Å²) in [4.78, 5) is 12.3. The molecule has 3 rings (SSSR count). The van der Waals surface area contributed by atoms with Crippen molar-refractivity contribution >= 4 is 45.7 Å². The van der Waals surface area contributed by atoms with E-state index in [0.29, 0.717) is 34.1 Å². The Morgan fingerprint density at radius 2 is 1.62 bits per heavy atom. The van der Waals surface area contributed by atoms with Crippen LogP contribution in [-0.4, -0.2) is 30.7 Å². The Morgan fingerprint density at radius 3 is 2.12 bits per heavy atom. The lowest BCUT2D eigenvalue weighted by atomic mass is 10.1. The normalized spacial score (nSPS) is 11.3. The minimum Gasteiger partial charge on any atom is -0.495 e. The zero-order valence-electron chi connectivity index (χ0n) is 18.8. The molecule has 0 saturated heterocycles. The third kappa shape index (κ3) is 5.91. The second kappa shape index (κ2) is 11.3. The number of nitro benzene ring substituents is 1. The predicted molar refractivity (Wildman–Crippen MR) is 131 cm³/mol. The molecule has 0 saturated carbocycles. The van der Waals surface area contributed by atoms with Gasteiger partial charge in [0, 0.05) is 37.4 Å². The van der Waals surface area contributed by atoms with Gasteiger partial charge in [-0.3, -0.25) is 10.1 Å². The molecule has 0 atom stereocenters. The van der Waals surface area contributed by atoms with Gasteiger partial charge in [0.25, 0.3) is 5.69 Å². The number of methoxy groups -OCH3 is 1. The van der Waals surface area contributed by atoms with Gasteiger partial charge in [0.05, 0.1) is 46.4 Å². The number of non-ortho nitro benzene ring substituents is 1. The third-order valence-electron chi connectivity index (χ3n) is 4.97. The number of azo groups is 2. The van der Waals surface area contributed by atoms with Crippen molar-refractivity contribution < 1.29 is 14.8 Å². The van der Waals surface area contributed by atoms with Crippen molar-refractivity contribution in [3.63, 3.8) is 0 Å². The van der Waals surface area contributed by atoms with Gasteiger partial charge in [-0.05, 0) is 43.3 Å². The van der Waals surface area contributed by atoms with E-state index < -0.39 is 4.92 Å². The fraction of sp³-hybridized carbons (Fsp3) is 0.217. The summed E-state index contributed by atoms with van der Waals surface area (Å²) in [7, 11) is 3.52. The summed E-state index contributed by atoms with van der Waals surface area (Å²) in [5, 5.41) is 37.4. The molecule has 3 aromatic carbocycles. The SMILES string of the molecule is CCN(C)c1cc(CO)c(N=Nc2ccc(N=Nc3ccc([N+](=O)[O-])cc3Cl)cc2)cc1OC. The number of hydrogen-bond donors (Lipinski definition) is 1. The Labute approximate surface area is 201 Å². The number of nitrogens with zero attached hydrogens (tertiary/aromatic N) is 6. The highest BCUT2D eigenvalue weighted by molar-refractivity contribution is 6.33. The van der Waals surface area contributed by atoms with Gasteiger partial charge in [-0.25, -0.2) is 0 Å². The summed E-state index contributed by atoms with van der Waals surface area (Å²) in [5.74, 6) is 0.635. The van der Waals surface area contributed by atoms with Gasteiger partial charge in [-0.15, -0.1) is 5.11 Å². The van der Waals surface area contributed by atoms with Gasteiger partial charge in [-0.2, -0.15) is 15.3 Å². The molecule has 0 aromatic heterocycles. The highest BCUT2D eigenvalue weighted by atomic mass is 35.5. The van der Waals surface area contributed by atoms with Gasteiger partial charge in [0.2, 0.25) is 0 Å². The molecule has 1 N–H and O–H groups in total. The van der Waals surface area contributed by atoms with E-state index in [4.69, 9.17) is 16.3 Å². The van der Waals surface area contributed by atoms with E-state index in [1.54, 1.807) is 37.4 Å². The van der Waals surface area contributed by atoms with E-state index >= 15 is 0 Å². The lowest BCUT2D eigenvalue weighted by Crippen LogP contribution is -2.17. The molecule has 0 aliphatic heterocycles. The summed E-state index contributed by atoms with van der Waals surface area (Å²) >= 11 is 6.03. The van der Waals surface area contributed by atoms with Gasteiger partial charge in [0.15, 0.2) is 0 Å². The Kier molecular flexibility index (Phi) is 8.23. The molecular weight excluding hydrogens is 460 g/mol. The van der Waals surface area contributed by atoms with E-state index in [1.165, 1.54) is 18.2 Å². The minimum absolute atomic E-state index is 0.118. The van der Waals surface area contributed by atoms with Crippen molar-refractivity contribution in [2.75, 3.05) is 25.6 Å². The average molecular weight is 483 g/mol. The molecule has 0 bridgehead atoms. The summed E-state index contributed by atoms with van der Waals surface area (Å²) in [6.45, 7) is 2.62. The van der Waals surface area contributed by atoms with Gasteiger partial charge >= 0.3 is 0 Å². The minimum atomic E-state index is -0.530. The van der Waals surface area contributed by atoms with Crippen LogP contribution in [0.1, 0.15) is 12.5 Å². The van der Waals surface area contributed by atoms with E-state index in [1.807, 2.05) is 24.9 Å². The van der Waals surface area contributed by atoms with Crippen molar-refractivity contribution in [3.05, 3.63) is 75.3 Å². The standard InChI is InChI=1S/C23H23ClN6O4/c1-4-29(2)22-11-15(14-31)21(13-23(22)34-3)28-26-17-7-5-16(6-8-17)25-27-20-10-9-18(30(32)33)12-19(20)24/h5-13,31H,4,14H2,1-3H3. The molecule has 3 aromatic rings. The van der Waals surface area contributed by atoms with E-state index in [9.17, 15) is 15.2 Å². The molecule has 0 aliphatic rings. The second-order valence-corrected chi connectivity index (χ2v) is 7.54. The molecular formula is C23H23ClN6O4. The molecule has 34 heavy (non-hydrogen) atoms. The number of hydrogen-bond acceptors (Lipinski definition) is 9. The quantitative estimate of drug-likeness (QED) is 0.199. The van der Waals surface area contributed by atoms with Crippen LogP contribution < -0.4 is 9.64 Å². The smallest absolute Gasteiger partial charge is 0.271 e. The molecule has 176 valence electrons. The highest BCUT2D eigenvalue weighted by Gasteiger charge is 2.13. The first kappa shape index (κ1) is 24.7. The average Bonchev–Trinajstić information content (AvgIpc) is 2.86. The van der Waals surface area contributed by atoms with E-state index in [2.05, 4.69) is 20.5 Å². The zero-order chi connectivity index (χ0) is 24.7. The maximum atomic E-state index is 10.8. The number of halogens is 1. The van der Waals surface area contributed by atoms with Crippen LogP contribution >= 0.6 is 11.6 Å². The molecule has 0 unspecified atom stereocenters. The Hall–Kier alpha value is -3.89. The molecule has 0 aliphatic carbocycles. The van der Waals surface area contributed by atoms with Crippen molar-refractivity contribution in [3.8, 4) is 5.75 Å². The molecule has 0 fully saturated rings. The Morgan fingerprint density at radius 1 is 1.00 bits per heavy atom. The summed E-state index contributed by atoms with van der Waals surface area (Å²) in [6, 6.07) is 14.4. The topological polar surface area (TPSA) is 125 Å². The predicted octanol–water partition coefficient (Wildman–Crippen LogP) is 7.04. The van der Waals surface area contributed by atoms with Crippen LogP contribution in [0.25, 0.3) is 0 Å². The molecule has 0 radical (unpaired) electrons. The molecule has 0 spiro atoms. The van der Waals surface area contributed by atoms with Gasteiger partial charge < -0.3 is 14.7 Å². The van der Waals surface area contributed by atoms with Crippen molar-refractivity contribution in [2.45, 2.75) is 13.5 Å². The number of ether oxygens (including phenoxy) is 1. The van der Waals surface area contributed by atoms with Crippen molar-refractivity contribution in [1.29, 1.82) is 0 Å². The Balaban J connectivity index is 1.77. The summed E-state index contributed by atoms with van der Waals surface area (Å²) < 4.78 is 5.48. The third-order valence-corrected chi connectivity index (χ3v) is 5.28. The molecule has 11 heteroatoms. The summed E-state index contributed by atoms with van der Waals surface area (Å²) in [5.41, 5.74) is 3.31. The monoisotopic (exact) mass is 482 g/mol. The number of rotatable bonds is 9. The maximum absolute atomic E-state index is 10.8. The largest absolute Gasteiger partial charge is 0.495 e. The maximum Gasteiger partial charge on any atom is 0.271 e. The zero-order valence-corrected chi connectivity index (χ0v) is 19.6. The lowest BCUT2D eigenvalue weighted by Gasteiger charge is -2.21. The highest BCUT2D eigenvalue weighted by Crippen LogP contribution is 2.36. The Bertz CT molecular complexity index is 1230. The van der Waals surface area contributed by atoms with Gasteiger partial charge in [-0.1, -0.05) is 11.6 Å². The van der Waals surface area contributed by atoms with Crippen LogP contribution in [-0.2, 0) is 6.61 Å². The van der Waals surface area contributed by atoms with Crippen molar-refractivity contribution in [1.82, 2.24) is 0 Å². The van der Waals surface area contributed by atoms with Crippen LogP contribution in [0.4, 0.5) is 34.1 Å². The molecule has 10 nitrogen and oxygen atoms in total. The first-order valence-electron chi connectivity index (χ1n) is 10.3. The second-order valence-electron chi connectivity index (χ2n) is 7.13. The number of benzene rings is 3. The van der Waals surface area contributed by atoms with Crippen molar-refractivity contribution in [2.24, 2.45) is 20.5 Å². The number of aliphatic hydroxyl groups is 1. The van der Waals surface area contributed by atoms with Crippen LogP contribution in [0.2, 0.25) is 5.02 Å². The number of anilines is 1. The lowest BCUT2D eigenvalue weighted by molar-refractivity contribution is -0.384. The summed E-state index contributed by atoms with van der Waals surface area (Å²) in [6.07, 6.45) is 0. The van der Waals surface area contributed by atoms with Gasteiger partial charge in [0.1, 0.15) is 11.4 Å². The number of aliphatic hydroxyl groups excluding tert-OH is 1. The van der Waals surface area contributed by atoms with E-state index in [0.717, 1.165) is 12.2 Å². The number of nitro groups is 1. The molecule has 0 amide bonds. The van der Waals surface area contributed by atoms with E-state index in [-0.39, 0.29) is 17.3 Å². The van der Waals surface area contributed by atoms with Crippen LogP contribution in [0.3, 0.4) is 0 Å². The first-order valence-corrected chi connectivity index (χ1v) is 10.6.